The van der Waals surface area contributed by atoms with Crippen LogP contribution in [0.25, 0.3) is 22.2 Å². The van der Waals surface area contributed by atoms with E-state index in [1.165, 1.54) is 6.07 Å². The van der Waals surface area contributed by atoms with E-state index in [2.05, 4.69) is 27.8 Å². The number of carboxylic acid groups (broad SMARTS) is 1. The molecule has 4 aromatic rings. The van der Waals surface area contributed by atoms with Gasteiger partial charge in [-0.3, -0.25) is 0 Å². The molecule has 0 saturated heterocycles. The molecule has 0 aliphatic rings. The summed E-state index contributed by atoms with van der Waals surface area (Å²) in [6, 6.07) is 21.3. The van der Waals surface area contributed by atoms with Crippen LogP contribution in [0.2, 0.25) is 0 Å². The number of methoxy groups -OCH3 is 1. The maximum absolute atomic E-state index is 11.3. The van der Waals surface area contributed by atoms with Gasteiger partial charge >= 0.3 is 5.97 Å². The maximum atomic E-state index is 11.3. The first-order valence-electron chi connectivity index (χ1n) is 8.98. The molecule has 2 aromatic heterocycles. The van der Waals surface area contributed by atoms with E-state index in [4.69, 9.17) is 4.74 Å². The maximum Gasteiger partial charge on any atom is 0.354 e. The highest BCUT2D eigenvalue weighted by atomic mass is 16.5. The van der Waals surface area contributed by atoms with Crippen LogP contribution in [0, 0.1) is 0 Å². The van der Waals surface area contributed by atoms with E-state index in [1.54, 1.807) is 13.2 Å². The number of hydrogen-bond donors (Lipinski definition) is 1. The Morgan fingerprint density at radius 2 is 1.86 bits per heavy atom. The second-order valence-electron chi connectivity index (χ2n) is 6.63. The minimum absolute atomic E-state index is 0.0562. The lowest BCUT2D eigenvalue weighted by atomic mass is 10.0. The molecule has 5 heteroatoms. The van der Waals surface area contributed by atoms with Gasteiger partial charge in [-0.1, -0.05) is 36.4 Å². The molecule has 0 aliphatic carbocycles. The second kappa shape index (κ2) is 7.19. The highest BCUT2D eigenvalue weighted by molar-refractivity contribution is 5.93. The van der Waals surface area contributed by atoms with Crippen molar-refractivity contribution in [3.05, 3.63) is 83.7 Å². The molecule has 0 fully saturated rings. The molecule has 0 spiro atoms. The molecule has 0 unspecified atom stereocenters. The molecular formula is C23H20N2O3. The average Bonchev–Trinajstić information content (AvgIpc) is 3.00. The number of aromatic carboxylic acids is 1. The third-order valence-electron chi connectivity index (χ3n) is 4.94. The highest BCUT2D eigenvalue weighted by Crippen LogP contribution is 2.36. The van der Waals surface area contributed by atoms with E-state index in [0.717, 1.165) is 39.2 Å². The fourth-order valence-corrected chi connectivity index (χ4v) is 3.64. The monoisotopic (exact) mass is 372 g/mol. The number of rotatable bonds is 5. The van der Waals surface area contributed by atoms with Crippen LogP contribution in [0.3, 0.4) is 0 Å². The van der Waals surface area contributed by atoms with Crippen LogP contribution in [-0.4, -0.2) is 27.7 Å². The number of ether oxygens (including phenoxy) is 1. The van der Waals surface area contributed by atoms with Gasteiger partial charge in [0.2, 0.25) is 0 Å². The number of carbonyl (C=O) groups is 1. The van der Waals surface area contributed by atoms with Crippen molar-refractivity contribution in [1.29, 1.82) is 0 Å². The topological polar surface area (TPSA) is 64.3 Å². The molecule has 140 valence electrons. The number of carboxylic acids is 1. The van der Waals surface area contributed by atoms with Crippen molar-refractivity contribution in [2.45, 2.75) is 6.42 Å². The summed E-state index contributed by atoms with van der Waals surface area (Å²) in [5.74, 6) is -0.224. The summed E-state index contributed by atoms with van der Waals surface area (Å²) in [4.78, 5) is 15.6. The van der Waals surface area contributed by atoms with E-state index in [9.17, 15) is 9.90 Å². The molecule has 0 amide bonds. The molecule has 1 N–H and O–H groups in total. The molecule has 0 atom stereocenters. The molecule has 4 rings (SSSR count). The predicted octanol–water partition coefficient (Wildman–Crippen LogP) is 4.54. The molecule has 0 radical (unpaired) electrons. The van der Waals surface area contributed by atoms with Crippen LogP contribution in [0.15, 0.2) is 66.7 Å². The summed E-state index contributed by atoms with van der Waals surface area (Å²) in [6.07, 6.45) is 0.537. The normalized spacial score (nSPS) is 10.9. The zero-order valence-electron chi connectivity index (χ0n) is 15.7. The zero-order valence-corrected chi connectivity index (χ0v) is 15.7. The SMILES string of the molecule is COc1ccc2c(Cc3cccc(C(=O)O)n3)c(-c3ccccc3)n(C)c2c1. The Morgan fingerprint density at radius 1 is 1.07 bits per heavy atom. The van der Waals surface area contributed by atoms with Crippen molar-refractivity contribution in [3.8, 4) is 17.0 Å². The molecule has 2 aromatic carbocycles. The molecule has 28 heavy (non-hydrogen) atoms. The minimum atomic E-state index is -1.02. The van der Waals surface area contributed by atoms with Gasteiger partial charge in [-0.2, -0.15) is 0 Å². The van der Waals surface area contributed by atoms with Crippen LogP contribution >= 0.6 is 0 Å². The lowest BCUT2D eigenvalue weighted by Crippen LogP contribution is -2.03. The fourth-order valence-electron chi connectivity index (χ4n) is 3.64. The summed E-state index contributed by atoms with van der Waals surface area (Å²) >= 11 is 0. The summed E-state index contributed by atoms with van der Waals surface area (Å²) in [5, 5.41) is 10.4. The number of aryl methyl sites for hydroxylation is 1. The molecule has 0 aliphatic heterocycles. The van der Waals surface area contributed by atoms with Crippen molar-refractivity contribution in [2.24, 2.45) is 7.05 Å². The van der Waals surface area contributed by atoms with E-state index >= 15 is 0 Å². The summed E-state index contributed by atoms with van der Waals surface area (Å²) in [7, 11) is 3.69. The van der Waals surface area contributed by atoms with E-state index in [1.807, 2.05) is 43.4 Å². The molecule has 0 bridgehead atoms. The number of aromatic nitrogens is 2. The van der Waals surface area contributed by atoms with Gasteiger partial charge in [-0.25, -0.2) is 9.78 Å². The van der Waals surface area contributed by atoms with Gasteiger partial charge in [0, 0.05) is 30.6 Å². The van der Waals surface area contributed by atoms with Crippen LogP contribution in [0.1, 0.15) is 21.7 Å². The molecule has 5 nitrogen and oxygen atoms in total. The molecule has 0 saturated carbocycles. The molecular weight excluding hydrogens is 352 g/mol. The highest BCUT2D eigenvalue weighted by Gasteiger charge is 2.18. The molecule has 2 heterocycles. The third-order valence-corrected chi connectivity index (χ3v) is 4.94. The number of nitrogens with zero attached hydrogens (tertiary/aromatic N) is 2. The smallest absolute Gasteiger partial charge is 0.354 e. The van der Waals surface area contributed by atoms with Gasteiger partial charge < -0.3 is 14.4 Å². The Labute approximate surface area is 162 Å². The van der Waals surface area contributed by atoms with E-state index in [-0.39, 0.29) is 5.69 Å². The first-order valence-corrected chi connectivity index (χ1v) is 8.98. The fraction of sp³-hybridized carbons (Fsp3) is 0.130. The van der Waals surface area contributed by atoms with Crippen LogP contribution in [-0.2, 0) is 13.5 Å². The van der Waals surface area contributed by atoms with Gasteiger partial charge in [0.1, 0.15) is 11.4 Å². The summed E-state index contributed by atoms with van der Waals surface area (Å²) in [6.45, 7) is 0. The van der Waals surface area contributed by atoms with E-state index in [0.29, 0.717) is 6.42 Å². The Kier molecular flexibility index (Phi) is 4.57. The first-order chi connectivity index (χ1) is 13.6. The van der Waals surface area contributed by atoms with Gasteiger partial charge in [-0.15, -0.1) is 0 Å². The van der Waals surface area contributed by atoms with Crippen molar-refractivity contribution in [3.63, 3.8) is 0 Å². The Hall–Kier alpha value is -3.60. The van der Waals surface area contributed by atoms with E-state index < -0.39 is 5.97 Å². The largest absolute Gasteiger partial charge is 0.497 e. The van der Waals surface area contributed by atoms with Crippen molar-refractivity contribution in [2.75, 3.05) is 7.11 Å². The number of hydrogen-bond acceptors (Lipinski definition) is 3. The number of pyridine rings is 1. The van der Waals surface area contributed by atoms with Crippen molar-refractivity contribution in [1.82, 2.24) is 9.55 Å². The number of benzene rings is 2. The van der Waals surface area contributed by atoms with Gasteiger partial charge in [0.25, 0.3) is 0 Å². The summed E-state index contributed by atoms with van der Waals surface area (Å²) < 4.78 is 7.56. The minimum Gasteiger partial charge on any atom is -0.497 e. The van der Waals surface area contributed by atoms with Crippen LogP contribution in [0.4, 0.5) is 0 Å². The lowest BCUT2D eigenvalue weighted by molar-refractivity contribution is 0.0690. The van der Waals surface area contributed by atoms with Crippen LogP contribution < -0.4 is 4.74 Å². The zero-order chi connectivity index (χ0) is 19.7. The lowest BCUT2D eigenvalue weighted by Gasteiger charge is -2.09. The van der Waals surface area contributed by atoms with Gasteiger partial charge in [0.05, 0.1) is 18.3 Å². The van der Waals surface area contributed by atoms with Gasteiger partial charge in [-0.05, 0) is 35.4 Å². The van der Waals surface area contributed by atoms with Crippen molar-refractivity contribution < 1.29 is 14.6 Å². The average molecular weight is 372 g/mol. The Bertz CT molecular complexity index is 1160. The van der Waals surface area contributed by atoms with Gasteiger partial charge in [0.15, 0.2) is 0 Å². The Balaban J connectivity index is 1.93. The first kappa shape index (κ1) is 17.8. The summed E-state index contributed by atoms with van der Waals surface area (Å²) in [5.41, 5.74) is 5.14. The quantitative estimate of drug-likeness (QED) is 0.559. The number of fused-ring (bicyclic) bond motifs is 1. The van der Waals surface area contributed by atoms with Crippen LogP contribution in [0.5, 0.6) is 5.75 Å². The predicted molar refractivity (Wildman–Crippen MR) is 109 cm³/mol. The Morgan fingerprint density at radius 3 is 2.57 bits per heavy atom. The standard InChI is InChI=1S/C23H20N2O3/c1-25-21-14-17(28-2)11-12-18(21)19(22(25)15-7-4-3-5-8-15)13-16-9-6-10-20(24-16)23(26)27/h3-12,14H,13H2,1-2H3,(H,26,27). The third kappa shape index (κ3) is 3.11. The second-order valence-corrected chi connectivity index (χ2v) is 6.63. The van der Waals surface area contributed by atoms with Crippen molar-refractivity contribution >= 4 is 16.9 Å².